The van der Waals surface area contributed by atoms with Gasteiger partial charge in [0.05, 0.1) is 0 Å². The summed E-state index contributed by atoms with van der Waals surface area (Å²) in [4.78, 5) is 23.8. The Hall–Kier alpha value is -1.28. The first kappa shape index (κ1) is 6.83. The fraction of sp³-hybridized carbons (Fsp3) is 0.500. The van der Waals surface area contributed by atoms with Crippen molar-refractivity contribution in [3.8, 4) is 0 Å². The summed E-state index contributed by atoms with van der Waals surface area (Å²) in [5.74, 6) is -1.23. The first-order chi connectivity index (χ1) is 4.75. The number of nitrogens with zero attached hydrogens (tertiary/aromatic N) is 2. The molecule has 4 heteroatoms. The Morgan fingerprint density at radius 1 is 1.50 bits per heavy atom. The van der Waals surface area contributed by atoms with Crippen molar-refractivity contribution in [3.63, 3.8) is 0 Å². The molecular weight excluding hydrogens is 132 g/mol. The third-order valence-corrected chi connectivity index (χ3v) is 1.37. The molecule has 10 heavy (non-hydrogen) atoms. The average Bonchev–Trinajstić information content (AvgIpc) is 2.68. The molecule has 0 unspecified atom stereocenters. The van der Waals surface area contributed by atoms with E-state index in [0.29, 0.717) is 6.21 Å². The van der Waals surface area contributed by atoms with Crippen LogP contribution >= 0.6 is 0 Å². The van der Waals surface area contributed by atoms with E-state index in [4.69, 9.17) is 5.53 Å². The number of rotatable bonds is 3. The topological polar surface area (TPSA) is 70.5 Å². The van der Waals surface area contributed by atoms with Crippen molar-refractivity contribution in [1.82, 2.24) is 0 Å². The molecule has 0 aromatic heterocycles. The molecule has 4 nitrogen and oxygen atoms in total. The van der Waals surface area contributed by atoms with Gasteiger partial charge in [-0.1, -0.05) is 0 Å². The Morgan fingerprint density at radius 2 is 2.10 bits per heavy atom. The van der Waals surface area contributed by atoms with E-state index in [2.05, 4.69) is 4.79 Å². The highest BCUT2D eigenvalue weighted by molar-refractivity contribution is 6.58. The van der Waals surface area contributed by atoms with Gasteiger partial charge in [0, 0.05) is 5.92 Å². The first-order valence-electron chi connectivity index (χ1n) is 3.01. The van der Waals surface area contributed by atoms with Crippen molar-refractivity contribution >= 4 is 17.8 Å². The summed E-state index contributed by atoms with van der Waals surface area (Å²) >= 11 is 0. The second-order valence-corrected chi connectivity index (χ2v) is 2.25. The summed E-state index contributed by atoms with van der Waals surface area (Å²) in [6.07, 6.45) is 2.23. The van der Waals surface area contributed by atoms with Gasteiger partial charge in [0.2, 0.25) is 5.78 Å². The minimum absolute atomic E-state index is 0.0921. The van der Waals surface area contributed by atoms with Crippen LogP contribution in [-0.2, 0) is 9.59 Å². The molecule has 1 saturated carbocycles. The van der Waals surface area contributed by atoms with Gasteiger partial charge in [0.1, 0.15) is 0 Å². The lowest BCUT2D eigenvalue weighted by molar-refractivity contribution is -0.135. The van der Waals surface area contributed by atoms with Crippen LogP contribution < -0.4 is 0 Å². The zero-order valence-corrected chi connectivity index (χ0v) is 5.28. The SMILES string of the molecule is [N-]=[N+]=CC(=O)C(=O)C1CC1. The van der Waals surface area contributed by atoms with Gasteiger partial charge in [-0.15, -0.1) is 0 Å². The van der Waals surface area contributed by atoms with Gasteiger partial charge in [0.25, 0.3) is 0 Å². The fourth-order valence-corrected chi connectivity index (χ4v) is 0.663. The Kier molecular flexibility index (Phi) is 1.73. The van der Waals surface area contributed by atoms with E-state index in [-0.39, 0.29) is 5.92 Å². The highest BCUT2D eigenvalue weighted by Gasteiger charge is 2.34. The first-order valence-corrected chi connectivity index (χ1v) is 3.01. The van der Waals surface area contributed by atoms with Gasteiger partial charge in [-0.2, -0.15) is 4.79 Å². The zero-order chi connectivity index (χ0) is 7.56. The van der Waals surface area contributed by atoms with Gasteiger partial charge >= 0.3 is 12.0 Å². The van der Waals surface area contributed by atoms with Crippen LogP contribution in [0.3, 0.4) is 0 Å². The van der Waals surface area contributed by atoms with E-state index in [9.17, 15) is 9.59 Å². The van der Waals surface area contributed by atoms with Crippen molar-refractivity contribution < 1.29 is 14.4 Å². The van der Waals surface area contributed by atoms with E-state index < -0.39 is 11.6 Å². The van der Waals surface area contributed by atoms with E-state index in [1.54, 1.807) is 0 Å². The molecular formula is C6H6N2O2. The van der Waals surface area contributed by atoms with Crippen LogP contribution in [0.5, 0.6) is 0 Å². The third kappa shape index (κ3) is 1.36. The van der Waals surface area contributed by atoms with Gasteiger partial charge in [-0.05, 0) is 12.8 Å². The predicted octanol–water partition coefficient (Wildman–Crippen LogP) is -0.165. The molecule has 1 rings (SSSR count). The summed E-state index contributed by atoms with van der Waals surface area (Å²) in [5.41, 5.74) is 7.88. The van der Waals surface area contributed by atoms with Crippen LogP contribution in [0.2, 0.25) is 0 Å². The molecule has 0 aliphatic heterocycles. The molecule has 0 bridgehead atoms. The van der Waals surface area contributed by atoms with Crippen molar-refractivity contribution in [2.75, 3.05) is 0 Å². The number of carbonyl (C=O) groups excluding carboxylic acids is 2. The molecule has 0 N–H and O–H groups in total. The van der Waals surface area contributed by atoms with Gasteiger partial charge in [0.15, 0.2) is 0 Å². The monoisotopic (exact) mass is 138 g/mol. The van der Waals surface area contributed by atoms with Crippen molar-refractivity contribution in [2.24, 2.45) is 5.92 Å². The van der Waals surface area contributed by atoms with Crippen molar-refractivity contribution in [2.45, 2.75) is 12.8 Å². The summed E-state index contributed by atoms with van der Waals surface area (Å²) in [7, 11) is 0. The van der Waals surface area contributed by atoms with Crippen LogP contribution in [-0.4, -0.2) is 22.6 Å². The van der Waals surface area contributed by atoms with Crippen LogP contribution in [0.25, 0.3) is 5.53 Å². The predicted molar refractivity (Wildman–Crippen MR) is 32.4 cm³/mol. The zero-order valence-electron chi connectivity index (χ0n) is 5.28. The van der Waals surface area contributed by atoms with E-state index in [1.807, 2.05) is 0 Å². The Bertz CT molecular complexity index is 224. The van der Waals surface area contributed by atoms with Crippen LogP contribution in [0.15, 0.2) is 0 Å². The fourth-order valence-electron chi connectivity index (χ4n) is 0.663. The molecule has 0 amide bonds. The molecule has 0 aromatic rings. The van der Waals surface area contributed by atoms with E-state index in [1.165, 1.54) is 0 Å². The molecule has 0 spiro atoms. The maximum Gasteiger partial charge on any atom is 0.331 e. The Morgan fingerprint density at radius 3 is 2.50 bits per heavy atom. The Labute approximate surface area is 57.5 Å². The standard InChI is InChI=1S/C6H6N2O2/c7-8-3-5(9)6(10)4-1-2-4/h3-4H,1-2H2. The lowest BCUT2D eigenvalue weighted by Gasteiger charge is -1.82. The molecule has 1 fully saturated rings. The molecule has 0 aromatic carbocycles. The minimum Gasteiger partial charge on any atom is -0.361 e. The van der Waals surface area contributed by atoms with Crippen LogP contribution in [0.1, 0.15) is 12.8 Å². The quantitative estimate of drug-likeness (QED) is 0.235. The second-order valence-electron chi connectivity index (χ2n) is 2.25. The smallest absolute Gasteiger partial charge is 0.331 e. The number of hydrogen-bond acceptors (Lipinski definition) is 2. The van der Waals surface area contributed by atoms with Gasteiger partial charge in [-0.3, -0.25) is 9.59 Å². The summed E-state index contributed by atoms with van der Waals surface area (Å²) in [5, 5.41) is 0. The molecule has 0 radical (unpaired) electrons. The summed E-state index contributed by atoms with van der Waals surface area (Å²) in [6.45, 7) is 0. The van der Waals surface area contributed by atoms with Gasteiger partial charge < -0.3 is 5.53 Å². The average molecular weight is 138 g/mol. The molecule has 0 heterocycles. The molecule has 1 aliphatic rings. The van der Waals surface area contributed by atoms with E-state index in [0.717, 1.165) is 12.8 Å². The highest BCUT2D eigenvalue weighted by atomic mass is 16.2. The lowest BCUT2D eigenvalue weighted by atomic mass is 10.2. The number of ketones is 2. The third-order valence-electron chi connectivity index (χ3n) is 1.37. The highest BCUT2D eigenvalue weighted by Crippen LogP contribution is 2.29. The molecule has 0 saturated heterocycles. The second kappa shape index (κ2) is 2.54. The van der Waals surface area contributed by atoms with Gasteiger partial charge in [-0.25, -0.2) is 0 Å². The van der Waals surface area contributed by atoms with E-state index >= 15 is 0 Å². The lowest BCUT2D eigenvalue weighted by Crippen LogP contribution is -2.16. The number of carbonyl (C=O) groups is 2. The number of Topliss-reactive ketones (excluding diaryl/α,β-unsaturated/α-hetero) is 2. The molecule has 1 aliphatic carbocycles. The number of hydrogen-bond donors (Lipinski definition) is 0. The van der Waals surface area contributed by atoms with Crippen molar-refractivity contribution in [1.29, 1.82) is 0 Å². The molecule has 52 valence electrons. The minimum atomic E-state index is -0.704. The molecule has 0 atom stereocenters. The van der Waals surface area contributed by atoms with Crippen molar-refractivity contribution in [3.05, 3.63) is 5.53 Å². The summed E-state index contributed by atoms with van der Waals surface area (Å²) < 4.78 is 0. The largest absolute Gasteiger partial charge is 0.361 e. The maximum atomic E-state index is 10.7. The van der Waals surface area contributed by atoms with Crippen LogP contribution in [0.4, 0.5) is 0 Å². The maximum absolute atomic E-state index is 10.7. The van der Waals surface area contributed by atoms with Crippen LogP contribution in [0, 0.1) is 5.92 Å². The Balaban J connectivity index is 2.55. The normalized spacial score (nSPS) is 15.6. The summed E-state index contributed by atoms with van der Waals surface area (Å²) in [6, 6.07) is 0.